The number of hydrogen-bond donors (Lipinski definition) is 3. The van der Waals surface area contributed by atoms with Crippen LogP contribution in [-0.4, -0.2) is 43.1 Å². The van der Waals surface area contributed by atoms with E-state index in [0.717, 1.165) is 29.8 Å². The van der Waals surface area contributed by atoms with E-state index in [0.29, 0.717) is 13.0 Å². The Bertz CT molecular complexity index is 876. The molecule has 2 aromatic rings. The minimum Gasteiger partial charge on any atom is -0.356 e. The Hall–Kier alpha value is -2.95. The molecular weight excluding hydrogens is 441 g/mol. The second kappa shape index (κ2) is 12.9. The van der Waals surface area contributed by atoms with Crippen molar-refractivity contribution in [2.24, 2.45) is 5.92 Å². The van der Waals surface area contributed by atoms with Gasteiger partial charge in [-0.15, -0.1) is 0 Å². The van der Waals surface area contributed by atoms with Gasteiger partial charge in [-0.25, -0.2) is 5.48 Å². The van der Waals surface area contributed by atoms with Crippen molar-refractivity contribution < 1.29 is 37.4 Å². The summed E-state index contributed by atoms with van der Waals surface area (Å²) in [6, 6.07) is 12.3. The van der Waals surface area contributed by atoms with Crippen LogP contribution in [0.4, 0.5) is 13.2 Å². The van der Waals surface area contributed by atoms with Gasteiger partial charge in [0.25, 0.3) is 5.91 Å². The van der Waals surface area contributed by atoms with Crippen molar-refractivity contribution in [1.29, 1.82) is 0 Å². The molecule has 0 saturated heterocycles. The van der Waals surface area contributed by atoms with E-state index in [2.05, 4.69) is 5.32 Å². The number of rotatable bonds is 12. The summed E-state index contributed by atoms with van der Waals surface area (Å²) < 4.78 is 48.9. The van der Waals surface area contributed by atoms with Crippen molar-refractivity contribution >= 4 is 11.8 Å². The molecule has 2 atom stereocenters. The van der Waals surface area contributed by atoms with Crippen LogP contribution < -0.4 is 10.8 Å². The van der Waals surface area contributed by atoms with Gasteiger partial charge >= 0.3 is 6.18 Å². The summed E-state index contributed by atoms with van der Waals surface area (Å²) in [5.41, 5.74) is 1.67. The van der Waals surface area contributed by atoms with Crippen molar-refractivity contribution in [3.63, 3.8) is 0 Å². The second-order valence-electron chi connectivity index (χ2n) is 7.33. The summed E-state index contributed by atoms with van der Waals surface area (Å²) in [4.78, 5) is 24.9. The number of alkyl halides is 3. The topological polar surface area (TPSA) is 96.9 Å². The Morgan fingerprint density at radius 2 is 1.70 bits per heavy atom. The zero-order valence-electron chi connectivity index (χ0n) is 18.1. The van der Waals surface area contributed by atoms with E-state index < -0.39 is 35.5 Å². The molecule has 10 heteroatoms. The molecule has 2 aromatic carbocycles. The highest BCUT2D eigenvalue weighted by molar-refractivity contribution is 5.94. The molecule has 0 spiro atoms. The molecule has 2 amide bonds. The zero-order valence-corrected chi connectivity index (χ0v) is 18.1. The van der Waals surface area contributed by atoms with Crippen molar-refractivity contribution in [1.82, 2.24) is 10.8 Å². The fourth-order valence-corrected chi connectivity index (χ4v) is 3.20. The van der Waals surface area contributed by atoms with Crippen LogP contribution in [0.1, 0.15) is 34.8 Å². The summed E-state index contributed by atoms with van der Waals surface area (Å²) >= 11 is 0. The molecule has 0 aromatic heterocycles. The van der Waals surface area contributed by atoms with Gasteiger partial charge in [0, 0.05) is 18.1 Å². The molecule has 7 nitrogen and oxygen atoms in total. The van der Waals surface area contributed by atoms with Crippen LogP contribution >= 0.6 is 0 Å². The smallest absolute Gasteiger partial charge is 0.356 e. The molecule has 0 radical (unpaired) electrons. The first-order valence-electron chi connectivity index (χ1n) is 10.4. The third kappa shape index (κ3) is 8.83. The van der Waals surface area contributed by atoms with Crippen LogP contribution in [0.15, 0.2) is 54.6 Å². The minimum absolute atomic E-state index is 0.00360. The average molecular weight is 468 g/mol. The minimum atomic E-state index is -4.51. The molecule has 0 bridgehead atoms. The Morgan fingerprint density at radius 3 is 2.27 bits per heavy atom. The van der Waals surface area contributed by atoms with Gasteiger partial charge in [0.1, 0.15) is 6.79 Å². The SMILES string of the molecule is CCOCOC[C@H](C[C@H](Cc1ccccc1)C(=O)NO)NC(=O)c1ccc(C(F)(F)F)cc1. The summed E-state index contributed by atoms with van der Waals surface area (Å²) in [5, 5.41) is 11.9. The fraction of sp³-hybridized carbons (Fsp3) is 0.391. The number of hydroxylamine groups is 1. The highest BCUT2D eigenvalue weighted by Gasteiger charge is 2.30. The molecule has 0 aliphatic heterocycles. The maximum absolute atomic E-state index is 12.8. The van der Waals surface area contributed by atoms with Gasteiger partial charge < -0.3 is 14.8 Å². The van der Waals surface area contributed by atoms with Crippen molar-refractivity contribution in [3.8, 4) is 0 Å². The highest BCUT2D eigenvalue weighted by atomic mass is 19.4. The van der Waals surface area contributed by atoms with Gasteiger partial charge in [-0.1, -0.05) is 30.3 Å². The predicted octanol–water partition coefficient (Wildman–Crippen LogP) is 3.57. The van der Waals surface area contributed by atoms with Crippen molar-refractivity contribution in [2.75, 3.05) is 20.0 Å². The van der Waals surface area contributed by atoms with Gasteiger partial charge in [-0.05, 0) is 49.6 Å². The lowest BCUT2D eigenvalue weighted by Crippen LogP contribution is -2.42. The molecule has 0 fully saturated rings. The standard InChI is InChI=1S/C23H27F3N2O5/c1-2-32-15-33-14-20(13-18(22(30)28-31)12-16-6-4-3-5-7-16)27-21(29)17-8-10-19(11-9-17)23(24,25)26/h3-11,18,20,31H,2,12-15H2,1H3,(H,27,29)(H,28,30)/t18-,20-/m0/s1. The number of carbonyl (C=O) groups is 2. The summed E-state index contributed by atoms with van der Waals surface area (Å²) in [7, 11) is 0. The van der Waals surface area contributed by atoms with Crippen LogP contribution in [0.2, 0.25) is 0 Å². The molecule has 0 unspecified atom stereocenters. The normalized spacial score (nSPS) is 13.2. The Balaban J connectivity index is 2.13. The lowest BCUT2D eigenvalue weighted by Gasteiger charge is -2.24. The highest BCUT2D eigenvalue weighted by Crippen LogP contribution is 2.29. The van der Waals surface area contributed by atoms with E-state index in [1.807, 2.05) is 30.3 Å². The van der Waals surface area contributed by atoms with E-state index >= 15 is 0 Å². The number of carbonyl (C=O) groups excluding carboxylic acids is 2. The first kappa shape index (κ1) is 26.3. The molecule has 2 rings (SSSR count). The molecule has 0 aliphatic carbocycles. The number of hydrogen-bond acceptors (Lipinski definition) is 5. The lowest BCUT2D eigenvalue weighted by molar-refractivity contribution is -0.137. The van der Waals surface area contributed by atoms with E-state index in [4.69, 9.17) is 14.7 Å². The lowest BCUT2D eigenvalue weighted by atomic mass is 9.92. The third-order valence-corrected chi connectivity index (χ3v) is 4.87. The Kier molecular flexibility index (Phi) is 10.3. The fourth-order valence-electron chi connectivity index (χ4n) is 3.20. The molecule has 33 heavy (non-hydrogen) atoms. The average Bonchev–Trinajstić information content (AvgIpc) is 2.80. The number of nitrogens with one attached hydrogen (secondary N) is 2. The summed E-state index contributed by atoms with van der Waals surface area (Å²) in [5.74, 6) is -1.94. The van der Waals surface area contributed by atoms with Gasteiger partial charge in [0.2, 0.25) is 5.91 Å². The summed E-state index contributed by atoms with van der Waals surface area (Å²) in [6.45, 7) is 2.18. The van der Waals surface area contributed by atoms with Crippen molar-refractivity contribution in [3.05, 3.63) is 71.3 Å². The van der Waals surface area contributed by atoms with Crippen LogP contribution in [0.5, 0.6) is 0 Å². The first-order chi connectivity index (χ1) is 15.7. The molecule has 0 aliphatic rings. The molecular formula is C23H27F3N2O5. The molecule has 3 N–H and O–H groups in total. The maximum Gasteiger partial charge on any atom is 0.416 e. The van der Waals surface area contributed by atoms with Gasteiger partial charge in [-0.3, -0.25) is 14.8 Å². The maximum atomic E-state index is 12.8. The van der Waals surface area contributed by atoms with Gasteiger partial charge in [0.15, 0.2) is 0 Å². The number of halogens is 3. The van der Waals surface area contributed by atoms with Gasteiger partial charge in [-0.2, -0.15) is 13.2 Å². The molecule has 0 saturated carbocycles. The van der Waals surface area contributed by atoms with Crippen LogP contribution in [0, 0.1) is 5.92 Å². The quantitative estimate of drug-likeness (QED) is 0.192. The molecule has 0 heterocycles. The first-order valence-corrected chi connectivity index (χ1v) is 10.4. The van der Waals surface area contributed by atoms with Crippen LogP contribution in [0.3, 0.4) is 0 Å². The third-order valence-electron chi connectivity index (χ3n) is 4.87. The number of amides is 2. The van der Waals surface area contributed by atoms with E-state index in [-0.39, 0.29) is 25.4 Å². The second-order valence-corrected chi connectivity index (χ2v) is 7.33. The van der Waals surface area contributed by atoms with Crippen LogP contribution in [0.25, 0.3) is 0 Å². The largest absolute Gasteiger partial charge is 0.416 e. The zero-order chi connectivity index (χ0) is 24.3. The van der Waals surface area contributed by atoms with Crippen LogP contribution in [-0.2, 0) is 26.9 Å². The summed E-state index contributed by atoms with van der Waals surface area (Å²) in [6.07, 6.45) is -4.10. The van der Waals surface area contributed by atoms with E-state index in [1.54, 1.807) is 12.4 Å². The van der Waals surface area contributed by atoms with Gasteiger partial charge in [0.05, 0.1) is 18.2 Å². The monoisotopic (exact) mass is 468 g/mol. The number of ether oxygens (including phenoxy) is 2. The Morgan fingerprint density at radius 1 is 1.03 bits per heavy atom. The van der Waals surface area contributed by atoms with E-state index in [9.17, 15) is 22.8 Å². The Labute approximate surface area is 189 Å². The predicted molar refractivity (Wildman–Crippen MR) is 113 cm³/mol. The van der Waals surface area contributed by atoms with Crippen molar-refractivity contribution in [2.45, 2.75) is 32.0 Å². The van der Waals surface area contributed by atoms with E-state index in [1.165, 1.54) is 0 Å². The molecule has 180 valence electrons. The number of benzene rings is 2.